The van der Waals surface area contributed by atoms with Crippen molar-refractivity contribution in [3.05, 3.63) is 59.4 Å². The summed E-state index contributed by atoms with van der Waals surface area (Å²) in [5.74, 6) is 0.381. The van der Waals surface area contributed by atoms with Crippen LogP contribution in [0.4, 0.5) is 0 Å². The Bertz CT molecular complexity index is 639. The minimum absolute atomic E-state index is 0.0799. The quantitative estimate of drug-likeness (QED) is 0.676. The zero-order valence-electron chi connectivity index (χ0n) is 12.0. The maximum atomic E-state index is 11.6. The largest absolute Gasteiger partial charge is 0.483 e. The normalized spacial score (nSPS) is 10.6. The summed E-state index contributed by atoms with van der Waals surface area (Å²) in [6.07, 6.45) is 3.14. The molecule has 0 spiro atoms. The molecule has 21 heavy (non-hydrogen) atoms. The van der Waals surface area contributed by atoms with Crippen LogP contribution < -0.4 is 10.2 Å². The number of aryl methyl sites for hydroxylation is 2. The number of rotatable bonds is 5. The van der Waals surface area contributed by atoms with Crippen molar-refractivity contribution in [2.75, 3.05) is 6.61 Å². The zero-order valence-corrected chi connectivity index (χ0v) is 12.0. The van der Waals surface area contributed by atoms with Gasteiger partial charge >= 0.3 is 0 Å². The highest BCUT2D eigenvalue weighted by molar-refractivity contribution is 5.81. The Kier molecular flexibility index (Phi) is 5.04. The van der Waals surface area contributed by atoms with Gasteiger partial charge in [0.1, 0.15) is 5.75 Å². The van der Waals surface area contributed by atoms with Gasteiger partial charge in [-0.2, -0.15) is 5.10 Å². The number of hydrazone groups is 1. The fraction of sp³-hybridized carbons (Fsp3) is 0.188. The van der Waals surface area contributed by atoms with Gasteiger partial charge in [0.15, 0.2) is 6.61 Å². The van der Waals surface area contributed by atoms with E-state index in [-0.39, 0.29) is 12.5 Å². The first-order valence-corrected chi connectivity index (χ1v) is 6.58. The molecule has 0 fully saturated rings. The second-order valence-electron chi connectivity index (χ2n) is 4.61. The third-order valence-corrected chi connectivity index (χ3v) is 2.76. The van der Waals surface area contributed by atoms with Gasteiger partial charge < -0.3 is 4.74 Å². The van der Waals surface area contributed by atoms with E-state index in [2.05, 4.69) is 15.5 Å². The third kappa shape index (κ3) is 4.72. The van der Waals surface area contributed by atoms with Gasteiger partial charge in [-0.15, -0.1) is 0 Å². The zero-order chi connectivity index (χ0) is 15.1. The summed E-state index contributed by atoms with van der Waals surface area (Å²) in [5.41, 5.74) is 5.23. The summed E-state index contributed by atoms with van der Waals surface area (Å²) in [6.45, 7) is 3.87. The van der Waals surface area contributed by atoms with Crippen LogP contribution in [0.3, 0.4) is 0 Å². The number of carbonyl (C=O) groups excluding carboxylic acids is 1. The van der Waals surface area contributed by atoms with E-state index in [1.807, 2.05) is 44.2 Å². The molecule has 0 saturated heterocycles. The molecule has 0 atom stereocenters. The fourth-order valence-electron chi connectivity index (χ4n) is 1.76. The third-order valence-electron chi connectivity index (χ3n) is 2.76. The summed E-state index contributed by atoms with van der Waals surface area (Å²) in [7, 11) is 0. The number of aromatic nitrogens is 1. The van der Waals surface area contributed by atoms with Crippen LogP contribution in [-0.4, -0.2) is 23.7 Å². The Hall–Kier alpha value is -2.69. The lowest BCUT2D eigenvalue weighted by Crippen LogP contribution is -2.24. The Labute approximate surface area is 123 Å². The maximum Gasteiger partial charge on any atom is 0.277 e. The number of hydrogen-bond acceptors (Lipinski definition) is 4. The van der Waals surface area contributed by atoms with Crippen molar-refractivity contribution >= 4 is 12.1 Å². The molecule has 0 bridgehead atoms. The van der Waals surface area contributed by atoms with Crippen LogP contribution in [0.5, 0.6) is 5.75 Å². The standard InChI is InChI=1S/C16H17N3O2/c1-12-6-7-15(13(2)9-12)21-11-16(20)19-18-10-14-5-3-4-8-17-14/h3-10H,11H2,1-2H3,(H,19,20)/b18-10-. The van der Waals surface area contributed by atoms with E-state index in [0.29, 0.717) is 11.4 Å². The van der Waals surface area contributed by atoms with Gasteiger partial charge in [0, 0.05) is 6.20 Å². The van der Waals surface area contributed by atoms with Gasteiger partial charge in [0.2, 0.25) is 0 Å². The molecule has 5 nitrogen and oxygen atoms in total. The van der Waals surface area contributed by atoms with Gasteiger partial charge in [-0.25, -0.2) is 5.43 Å². The summed E-state index contributed by atoms with van der Waals surface area (Å²) in [6, 6.07) is 11.3. The van der Waals surface area contributed by atoms with Crippen molar-refractivity contribution in [2.45, 2.75) is 13.8 Å². The predicted octanol–water partition coefficient (Wildman–Crippen LogP) is 2.23. The lowest BCUT2D eigenvalue weighted by atomic mass is 10.1. The molecule has 0 aliphatic heterocycles. The molecule has 0 aliphatic rings. The topological polar surface area (TPSA) is 63.6 Å². The Morgan fingerprint density at radius 1 is 1.33 bits per heavy atom. The van der Waals surface area contributed by atoms with Gasteiger partial charge in [0.05, 0.1) is 11.9 Å². The first-order valence-electron chi connectivity index (χ1n) is 6.58. The first-order chi connectivity index (χ1) is 10.1. The van der Waals surface area contributed by atoms with Crippen molar-refractivity contribution < 1.29 is 9.53 Å². The number of nitrogens with zero attached hydrogens (tertiary/aromatic N) is 2. The maximum absolute atomic E-state index is 11.6. The highest BCUT2D eigenvalue weighted by atomic mass is 16.5. The summed E-state index contributed by atoms with van der Waals surface area (Å²) < 4.78 is 5.45. The molecule has 0 unspecified atom stereocenters. The van der Waals surface area contributed by atoms with E-state index < -0.39 is 0 Å². The van der Waals surface area contributed by atoms with Crippen LogP contribution in [0.1, 0.15) is 16.8 Å². The molecule has 1 amide bonds. The van der Waals surface area contributed by atoms with Crippen LogP contribution in [-0.2, 0) is 4.79 Å². The van der Waals surface area contributed by atoms with Crippen molar-refractivity contribution in [1.82, 2.24) is 10.4 Å². The molecule has 2 rings (SSSR count). The van der Waals surface area contributed by atoms with Gasteiger partial charge in [-0.1, -0.05) is 23.8 Å². The van der Waals surface area contributed by atoms with Gasteiger partial charge in [-0.3, -0.25) is 9.78 Å². The summed E-state index contributed by atoms with van der Waals surface area (Å²) >= 11 is 0. The fourth-order valence-corrected chi connectivity index (χ4v) is 1.76. The van der Waals surface area contributed by atoms with Crippen LogP contribution in [0.25, 0.3) is 0 Å². The van der Waals surface area contributed by atoms with Crippen LogP contribution in [0, 0.1) is 13.8 Å². The molecular weight excluding hydrogens is 266 g/mol. The van der Waals surface area contributed by atoms with Crippen molar-refractivity contribution in [3.63, 3.8) is 0 Å². The molecule has 0 radical (unpaired) electrons. The average Bonchev–Trinajstić information content (AvgIpc) is 2.47. The van der Waals surface area contributed by atoms with Gasteiger partial charge in [-0.05, 0) is 37.6 Å². The van der Waals surface area contributed by atoms with Crippen molar-refractivity contribution in [1.29, 1.82) is 0 Å². The van der Waals surface area contributed by atoms with Crippen molar-refractivity contribution in [2.24, 2.45) is 5.10 Å². The van der Waals surface area contributed by atoms with Crippen LogP contribution in [0.15, 0.2) is 47.7 Å². The molecule has 108 valence electrons. The summed E-state index contributed by atoms with van der Waals surface area (Å²) in [4.78, 5) is 15.7. The number of pyridine rings is 1. The molecule has 0 aliphatic carbocycles. The number of ether oxygens (including phenoxy) is 1. The lowest BCUT2D eigenvalue weighted by molar-refractivity contribution is -0.123. The summed E-state index contributed by atoms with van der Waals surface area (Å²) in [5, 5.41) is 3.82. The lowest BCUT2D eigenvalue weighted by Gasteiger charge is -2.08. The van der Waals surface area contributed by atoms with Crippen LogP contribution >= 0.6 is 0 Å². The molecule has 0 saturated carbocycles. The minimum atomic E-state index is -0.317. The average molecular weight is 283 g/mol. The highest BCUT2D eigenvalue weighted by Gasteiger charge is 2.03. The van der Waals surface area contributed by atoms with E-state index in [4.69, 9.17) is 4.74 Å². The number of carbonyl (C=O) groups is 1. The number of benzene rings is 1. The molecule has 5 heteroatoms. The second kappa shape index (κ2) is 7.19. The number of amides is 1. The first kappa shape index (κ1) is 14.7. The van der Waals surface area contributed by atoms with E-state index in [9.17, 15) is 4.79 Å². The number of hydrogen-bond donors (Lipinski definition) is 1. The van der Waals surface area contributed by atoms with E-state index in [0.717, 1.165) is 11.1 Å². The Balaban J connectivity index is 1.81. The van der Waals surface area contributed by atoms with E-state index in [1.165, 1.54) is 6.21 Å². The molecule has 1 N–H and O–H groups in total. The molecule has 2 aromatic rings. The predicted molar refractivity (Wildman–Crippen MR) is 81.4 cm³/mol. The molecule has 1 heterocycles. The van der Waals surface area contributed by atoms with E-state index in [1.54, 1.807) is 12.3 Å². The van der Waals surface area contributed by atoms with Crippen molar-refractivity contribution in [3.8, 4) is 5.75 Å². The Morgan fingerprint density at radius 2 is 2.19 bits per heavy atom. The molecule has 1 aromatic carbocycles. The van der Waals surface area contributed by atoms with Gasteiger partial charge in [0.25, 0.3) is 5.91 Å². The molecular formula is C16H17N3O2. The smallest absolute Gasteiger partial charge is 0.277 e. The molecule has 1 aromatic heterocycles. The second-order valence-corrected chi connectivity index (χ2v) is 4.61. The van der Waals surface area contributed by atoms with E-state index >= 15 is 0 Å². The monoisotopic (exact) mass is 283 g/mol. The van der Waals surface area contributed by atoms with Crippen LogP contribution in [0.2, 0.25) is 0 Å². The highest BCUT2D eigenvalue weighted by Crippen LogP contribution is 2.18. The minimum Gasteiger partial charge on any atom is -0.483 e. The number of nitrogens with one attached hydrogen (secondary N) is 1. The Morgan fingerprint density at radius 3 is 2.90 bits per heavy atom. The SMILES string of the molecule is Cc1ccc(OCC(=O)N/N=C\c2ccccn2)c(C)c1.